The molecule has 9 nitrogen and oxygen atoms in total. The third-order valence-electron chi connectivity index (χ3n) is 7.27. The van der Waals surface area contributed by atoms with Gasteiger partial charge in [-0.05, 0) is 70.4 Å². The van der Waals surface area contributed by atoms with Crippen LogP contribution in [-0.4, -0.2) is 37.2 Å². The van der Waals surface area contributed by atoms with Gasteiger partial charge in [-0.15, -0.1) is 5.10 Å². The Bertz CT molecular complexity index is 1830. The highest BCUT2D eigenvalue weighted by atomic mass is 35.5. The molecule has 3 heterocycles. The van der Waals surface area contributed by atoms with E-state index in [-0.39, 0.29) is 5.56 Å². The summed E-state index contributed by atoms with van der Waals surface area (Å²) in [7, 11) is 1.62. The van der Waals surface area contributed by atoms with E-state index in [0.29, 0.717) is 47.3 Å². The third kappa shape index (κ3) is 5.97. The maximum absolute atomic E-state index is 13.8. The highest BCUT2D eigenvalue weighted by Crippen LogP contribution is 2.32. The lowest BCUT2D eigenvalue weighted by Gasteiger charge is -2.30. The van der Waals surface area contributed by atoms with Crippen LogP contribution >= 0.6 is 11.6 Å². The van der Waals surface area contributed by atoms with Crippen LogP contribution in [0.15, 0.2) is 106 Å². The first-order valence-corrected chi connectivity index (χ1v) is 14.0. The molecule has 0 radical (unpaired) electrons. The number of nitrogens with one attached hydrogen (secondary N) is 1. The third-order valence-corrected chi connectivity index (χ3v) is 7.64. The Morgan fingerprint density at radius 1 is 1.00 bits per heavy atom. The van der Waals surface area contributed by atoms with Crippen LogP contribution in [0.3, 0.4) is 0 Å². The maximum Gasteiger partial charge on any atom is 0.253 e. The molecule has 0 amide bonds. The van der Waals surface area contributed by atoms with Crippen LogP contribution in [0.2, 0.25) is 5.02 Å². The van der Waals surface area contributed by atoms with Crippen molar-refractivity contribution in [3.8, 4) is 5.75 Å². The van der Waals surface area contributed by atoms with Crippen molar-refractivity contribution in [1.82, 2.24) is 30.1 Å². The fourth-order valence-electron chi connectivity index (χ4n) is 5.16. The van der Waals surface area contributed by atoms with Crippen molar-refractivity contribution in [3.05, 3.63) is 141 Å². The van der Waals surface area contributed by atoms with Gasteiger partial charge in [0.2, 0.25) is 0 Å². The number of furan rings is 1. The van der Waals surface area contributed by atoms with Crippen molar-refractivity contribution in [3.63, 3.8) is 0 Å². The number of aryl methyl sites for hydroxylation is 2. The largest absolute Gasteiger partial charge is 0.497 e. The number of H-pyrrole nitrogens is 1. The molecule has 1 N–H and O–H groups in total. The zero-order valence-corrected chi connectivity index (χ0v) is 23.7. The van der Waals surface area contributed by atoms with Crippen LogP contribution < -0.4 is 10.3 Å². The number of ether oxygens (including phenoxy) is 1. The Kier molecular flexibility index (Phi) is 8.12. The van der Waals surface area contributed by atoms with Gasteiger partial charge in [0, 0.05) is 34.6 Å². The molecular weight excluding hydrogens is 552 g/mol. The SMILES string of the molecule is COc1ccc2[nH]c(=O)c([C@@H](c3nnnn3CCc3ccccc3)N(Cc3ccco3)Cc3ccccc3Cl)cc2c1. The topological polar surface area (TPSA) is 102 Å². The second-order valence-corrected chi connectivity index (χ2v) is 10.4. The number of methoxy groups -OCH3 is 1. The standard InChI is InChI=1S/C32H29ClN6O3/c1-41-25-13-14-29-24(18-25)19-27(32(40)34-29)30(31-35-36-37-39(31)16-15-22-8-3-2-4-9-22)38(21-26-11-7-17-42-26)20-23-10-5-6-12-28(23)33/h2-14,17-19,30H,15-16,20-21H2,1H3,(H,34,40)/t30-/m0/s1. The number of tetrazole rings is 1. The minimum absolute atomic E-state index is 0.237. The van der Waals surface area contributed by atoms with Crippen molar-refractivity contribution < 1.29 is 9.15 Å². The molecule has 0 aliphatic rings. The summed E-state index contributed by atoms with van der Waals surface area (Å²) in [6.07, 6.45) is 2.36. The van der Waals surface area contributed by atoms with Crippen molar-refractivity contribution in [2.75, 3.05) is 7.11 Å². The summed E-state index contributed by atoms with van der Waals surface area (Å²) >= 11 is 6.64. The first kappa shape index (κ1) is 27.4. The molecule has 0 aliphatic carbocycles. The maximum atomic E-state index is 13.8. The molecular formula is C32H29ClN6O3. The average molecular weight is 581 g/mol. The first-order valence-electron chi connectivity index (χ1n) is 13.6. The predicted octanol–water partition coefficient (Wildman–Crippen LogP) is 5.80. The number of rotatable bonds is 11. The number of hydrogen-bond donors (Lipinski definition) is 1. The van der Waals surface area contributed by atoms with Gasteiger partial charge >= 0.3 is 0 Å². The van der Waals surface area contributed by atoms with E-state index in [0.717, 1.165) is 28.7 Å². The number of fused-ring (bicyclic) bond motifs is 1. The van der Waals surface area contributed by atoms with E-state index in [4.69, 9.17) is 20.8 Å². The van der Waals surface area contributed by atoms with Crippen LogP contribution in [0, 0.1) is 0 Å². The number of nitrogens with zero attached hydrogens (tertiary/aromatic N) is 5. The summed E-state index contributed by atoms with van der Waals surface area (Å²) in [6.45, 7) is 1.32. The lowest BCUT2D eigenvalue weighted by atomic mass is 10.0. The first-order chi connectivity index (χ1) is 20.6. The van der Waals surface area contributed by atoms with E-state index in [1.165, 1.54) is 0 Å². The smallest absolute Gasteiger partial charge is 0.253 e. The summed E-state index contributed by atoms with van der Waals surface area (Å²) in [6, 6.07) is 28.4. The van der Waals surface area contributed by atoms with E-state index >= 15 is 0 Å². The van der Waals surface area contributed by atoms with Gasteiger partial charge in [0.25, 0.3) is 5.56 Å². The van der Waals surface area contributed by atoms with Gasteiger partial charge < -0.3 is 14.1 Å². The van der Waals surface area contributed by atoms with E-state index in [9.17, 15) is 4.79 Å². The molecule has 212 valence electrons. The molecule has 10 heteroatoms. The lowest BCUT2D eigenvalue weighted by Crippen LogP contribution is -2.35. The Balaban J connectivity index is 1.50. The van der Waals surface area contributed by atoms with E-state index in [1.54, 1.807) is 18.1 Å². The molecule has 3 aromatic heterocycles. The van der Waals surface area contributed by atoms with Gasteiger partial charge in [0.05, 0.1) is 19.9 Å². The van der Waals surface area contributed by atoms with E-state index in [2.05, 4.69) is 37.5 Å². The second-order valence-electron chi connectivity index (χ2n) is 9.98. The Hall–Kier alpha value is -4.73. The zero-order chi connectivity index (χ0) is 28.9. The molecule has 0 aliphatic heterocycles. The van der Waals surface area contributed by atoms with Crippen LogP contribution in [0.4, 0.5) is 0 Å². The zero-order valence-electron chi connectivity index (χ0n) is 23.0. The number of benzene rings is 3. The van der Waals surface area contributed by atoms with Crippen LogP contribution in [0.1, 0.15) is 34.3 Å². The average Bonchev–Trinajstić information content (AvgIpc) is 3.70. The Morgan fingerprint density at radius 3 is 2.62 bits per heavy atom. The van der Waals surface area contributed by atoms with Crippen LogP contribution in [-0.2, 0) is 26.1 Å². The molecule has 6 rings (SSSR count). The van der Waals surface area contributed by atoms with Gasteiger partial charge in [-0.2, -0.15) is 0 Å². The van der Waals surface area contributed by atoms with Gasteiger partial charge in [-0.25, -0.2) is 4.68 Å². The van der Waals surface area contributed by atoms with Gasteiger partial charge in [-0.3, -0.25) is 9.69 Å². The molecule has 0 bridgehead atoms. The molecule has 42 heavy (non-hydrogen) atoms. The summed E-state index contributed by atoms with van der Waals surface area (Å²) < 4.78 is 13.0. The highest BCUT2D eigenvalue weighted by Gasteiger charge is 2.32. The summed E-state index contributed by atoms with van der Waals surface area (Å²) in [5, 5.41) is 14.4. The minimum atomic E-state index is -0.642. The van der Waals surface area contributed by atoms with E-state index < -0.39 is 6.04 Å². The fourth-order valence-corrected chi connectivity index (χ4v) is 5.36. The summed E-state index contributed by atoms with van der Waals surface area (Å²) in [4.78, 5) is 19.0. The van der Waals surface area contributed by atoms with Crippen molar-refractivity contribution >= 4 is 22.5 Å². The molecule has 3 aromatic carbocycles. The molecule has 0 saturated heterocycles. The van der Waals surface area contributed by atoms with E-state index in [1.807, 2.05) is 78.9 Å². The number of halogens is 1. The molecule has 1 atom stereocenters. The molecule has 0 spiro atoms. The molecule has 0 saturated carbocycles. The van der Waals surface area contributed by atoms with Gasteiger partial charge in [-0.1, -0.05) is 60.1 Å². The summed E-state index contributed by atoms with van der Waals surface area (Å²) in [5.41, 5.74) is 3.02. The number of aromatic amines is 1. The van der Waals surface area contributed by atoms with Crippen molar-refractivity contribution in [2.24, 2.45) is 0 Å². The predicted molar refractivity (Wildman–Crippen MR) is 160 cm³/mol. The lowest BCUT2D eigenvalue weighted by molar-refractivity contribution is 0.179. The summed E-state index contributed by atoms with van der Waals surface area (Å²) in [5.74, 6) is 1.96. The second kappa shape index (κ2) is 12.4. The molecule has 6 aromatic rings. The van der Waals surface area contributed by atoms with Crippen molar-refractivity contribution in [2.45, 2.75) is 32.1 Å². The van der Waals surface area contributed by atoms with Crippen LogP contribution in [0.5, 0.6) is 5.75 Å². The molecule has 0 unspecified atom stereocenters. The Labute approximate surface area is 247 Å². The fraction of sp³-hybridized carbons (Fsp3) is 0.188. The van der Waals surface area contributed by atoms with Crippen LogP contribution in [0.25, 0.3) is 10.9 Å². The number of pyridine rings is 1. The minimum Gasteiger partial charge on any atom is -0.497 e. The normalized spacial score (nSPS) is 12.2. The van der Waals surface area contributed by atoms with Gasteiger partial charge in [0.15, 0.2) is 5.82 Å². The van der Waals surface area contributed by atoms with Crippen molar-refractivity contribution in [1.29, 1.82) is 0 Å². The number of aromatic nitrogens is 5. The Morgan fingerprint density at radius 2 is 1.83 bits per heavy atom. The highest BCUT2D eigenvalue weighted by molar-refractivity contribution is 6.31. The monoisotopic (exact) mass is 580 g/mol. The quantitative estimate of drug-likeness (QED) is 0.206. The molecule has 0 fully saturated rings. The number of hydrogen-bond acceptors (Lipinski definition) is 7. The van der Waals surface area contributed by atoms with Gasteiger partial charge in [0.1, 0.15) is 17.6 Å².